The summed E-state index contributed by atoms with van der Waals surface area (Å²) < 4.78 is 19.9. The van der Waals surface area contributed by atoms with E-state index in [4.69, 9.17) is 25.1 Å². The average molecular weight is 215 g/mol. The van der Waals surface area contributed by atoms with E-state index in [9.17, 15) is 0 Å². The molecule has 0 aromatic rings. The maximum absolute atomic E-state index is 5.18. The van der Waals surface area contributed by atoms with E-state index in [1.807, 2.05) is 0 Å². The number of halogens is 1. The second kappa shape index (κ2) is 6.82. The van der Waals surface area contributed by atoms with Crippen molar-refractivity contribution in [2.75, 3.05) is 27.9 Å². The second-order valence-corrected chi connectivity index (χ2v) is 5.52. The summed E-state index contributed by atoms with van der Waals surface area (Å²) in [4.78, 5) is 0. The molecule has 0 atom stereocenters. The first kappa shape index (κ1) is 12.3. The summed E-state index contributed by atoms with van der Waals surface area (Å²) in [6.07, 6.45) is 0.769. The van der Waals surface area contributed by atoms with Crippen LogP contribution in [0.15, 0.2) is 0 Å². The maximum Gasteiger partial charge on any atom is 0.500 e. The predicted molar refractivity (Wildman–Crippen MR) is 48.0 cm³/mol. The van der Waals surface area contributed by atoms with Crippen LogP contribution in [0, 0.1) is 0 Å². The Bertz CT molecular complexity index is 101. The van der Waals surface area contributed by atoms with E-state index in [1.165, 1.54) is 0 Å². The summed E-state index contributed by atoms with van der Waals surface area (Å²) in [5.74, 6) is 0. The van der Waals surface area contributed by atoms with Crippen molar-refractivity contribution in [2.45, 2.75) is 12.5 Å². The van der Waals surface area contributed by atoms with Crippen LogP contribution < -0.4 is 0 Å². The molecule has 0 spiro atoms. The van der Waals surface area contributed by atoms with Crippen molar-refractivity contribution >= 4 is 20.7 Å². The van der Waals surface area contributed by atoms with Crippen LogP contribution in [0.4, 0.5) is 0 Å². The number of hydrogen-bond donors (Lipinski definition) is 0. The van der Waals surface area contributed by atoms with E-state index in [-0.39, 0.29) is 0 Å². The minimum absolute atomic E-state index is 0.479. The van der Waals surface area contributed by atoms with Crippen molar-refractivity contribution in [3.63, 3.8) is 0 Å². The molecule has 0 aromatic heterocycles. The van der Waals surface area contributed by atoms with E-state index < -0.39 is 8.80 Å². The summed E-state index contributed by atoms with van der Waals surface area (Å²) in [5.41, 5.74) is 0. The Morgan fingerprint density at radius 3 is 1.92 bits per heavy atom. The van der Waals surface area contributed by atoms with Gasteiger partial charge in [-0.25, -0.2) is 0 Å². The Hall–Kier alpha value is 0.347. The van der Waals surface area contributed by atoms with Crippen LogP contribution in [0.1, 0.15) is 6.42 Å². The highest BCUT2D eigenvalue weighted by molar-refractivity contribution is 6.60. The first-order chi connectivity index (χ1) is 5.74. The molecule has 0 aliphatic heterocycles. The van der Waals surface area contributed by atoms with Crippen LogP contribution in [0.25, 0.3) is 0 Å². The average Bonchev–Trinajstić information content (AvgIpc) is 2.14. The van der Waals surface area contributed by atoms with Crippen molar-refractivity contribution in [3.8, 4) is 0 Å². The van der Waals surface area contributed by atoms with Gasteiger partial charge in [0, 0.05) is 27.4 Å². The van der Waals surface area contributed by atoms with Gasteiger partial charge < -0.3 is 13.3 Å². The topological polar surface area (TPSA) is 36.9 Å². The van der Waals surface area contributed by atoms with E-state index in [2.05, 4.69) is 4.29 Å². The van der Waals surface area contributed by atoms with Gasteiger partial charge in [0.25, 0.3) is 0 Å². The van der Waals surface area contributed by atoms with Crippen LogP contribution in [0.2, 0.25) is 6.04 Å². The zero-order valence-electron chi connectivity index (χ0n) is 7.63. The Labute approximate surface area is 79.2 Å². The molecular weight excluding hydrogens is 200 g/mol. The highest BCUT2D eigenvalue weighted by atomic mass is 35.5. The fourth-order valence-corrected chi connectivity index (χ4v) is 2.70. The van der Waals surface area contributed by atoms with Crippen molar-refractivity contribution in [2.24, 2.45) is 0 Å². The monoisotopic (exact) mass is 214 g/mol. The molecule has 4 nitrogen and oxygen atoms in total. The van der Waals surface area contributed by atoms with Crippen LogP contribution in [0.3, 0.4) is 0 Å². The lowest BCUT2D eigenvalue weighted by molar-refractivity contribution is 0.121. The largest absolute Gasteiger partial charge is 0.500 e. The van der Waals surface area contributed by atoms with Crippen molar-refractivity contribution in [1.29, 1.82) is 0 Å². The molecule has 0 aromatic carbocycles. The first-order valence-corrected chi connectivity index (χ1v) is 5.87. The van der Waals surface area contributed by atoms with Gasteiger partial charge in [0.15, 0.2) is 0 Å². The number of hydrogen-bond acceptors (Lipinski definition) is 4. The molecule has 74 valence electrons. The zero-order valence-corrected chi connectivity index (χ0v) is 9.39. The molecule has 0 N–H and O–H groups in total. The van der Waals surface area contributed by atoms with Gasteiger partial charge in [-0.2, -0.15) is 0 Å². The third kappa shape index (κ3) is 3.84. The van der Waals surface area contributed by atoms with E-state index in [0.29, 0.717) is 12.7 Å². The lowest BCUT2D eigenvalue weighted by Gasteiger charge is -2.23. The fraction of sp³-hybridized carbons (Fsp3) is 1.00. The third-order valence-corrected chi connectivity index (χ3v) is 4.62. The van der Waals surface area contributed by atoms with Crippen LogP contribution in [0.5, 0.6) is 0 Å². The maximum atomic E-state index is 5.18. The van der Waals surface area contributed by atoms with Crippen LogP contribution in [-0.4, -0.2) is 36.7 Å². The molecule has 0 fully saturated rings. The normalized spacial score (nSPS) is 12.0. The molecule has 0 saturated carbocycles. The predicted octanol–water partition coefficient (Wildman–Crippen LogP) is 1.43. The molecule has 0 rings (SSSR count). The van der Waals surface area contributed by atoms with Crippen molar-refractivity contribution in [3.05, 3.63) is 0 Å². The van der Waals surface area contributed by atoms with Crippen LogP contribution in [-0.2, 0) is 17.6 Å². The van der Waals surface area contributed by atoms with Gasteiger partial charge >= 0.3 is 8.80 Å². The third-order valence-electron chi connectivity index (χ3n) is 1.64. The molecule has 6 heteroatoms. The summed E-state index contributed by atoms with van der Waals surface area (Å²) in [7, 11) is 2.36. The Kier molecular flexibility index (Phi) is 7.02. The highest BCUT2D eigenvalue weighted by Crippen LogP contribution is 2.14. The molecule has 0 amide bonds. The highest BCUT2D eigenvalue weighted by Gasteiger charge is 2.36. The van der Waals surface area contributed by atoms with Gasteiger partial charge in [-0.05, 0) is 6.42 Å². The van der Waals surface area contributed by atoms with Gasteiger partial charge in [-0.3, -0.25) is 4.29 Å². The molecule has 0 aliphatic carbocycles. The Morgan fingerprint density at radius 1 is 1.08 bits per heavy atom. The summed E-state index contributed by atoms with van der Waals surface area (Å²) in [6, 6.07) is 0.712. The molecule has 0 bridgehead atoms. The van der Waals surface area contributed by atoms with E-state index in [0.717, 1.165) is 6.42 Å². The van der Waals surface area contributed by atoms with Gasteiger partial charge in [0.05, 0.1) is 18.5 Å². The van der Waals surface area contributed by atoms with Crippen LogP contribution >= 0.6 is 11.9 Å². The summed E-state index contributed by atoms with van der Waals surface area (Å²) >= 11 is 5.05. The molecule has 12 heavy (non-hydrogen) atoms. The van der Waals surface area contributed by atoms with Gasteiger partial charge in [0.1, 0.15) is 0 Å². The minimum Gasteiger partial charge on any atom is -0.377 e. The molecule has 0 unspecified atom stereocenters. The molecular formula is C6H15ClO4Si. The SMILES string of the molecule is CO[Si](CCCOCl)(OC)OC. The Balaban J connectivity index is 3.76. The second-order valence-electron chi connectivity index (χ2n) is 2.21. The number of rotatable bonds is 7. The van der Waals surface area contributed by atoms with Crippen molar-refractivity contribution in [1.82, 2.24) is 0 Å². The molecule has 0 heterocycles. The van der Waals surface area contributed by atoms with Gasteiger partial charge in [0.2, 0.25) is 0 Å². The van der Waals surface area contributed by atoms with E-state index in [1.54, 1.807) is 21.3 Å². The smallest absolute Gasteiger partial charge is 0.377 e. The standard InChI is InChI=1S/C6H15ClO4Si/c1-8-12(9-2,10-3)6-4-5-11-7/h4-6H2,1-3H3. The van der Waals surface area contributed by atoms with E-state index >= 15 is 0 Å². The summed E-state index contributed by atoms with van der Waals surface area (Å²) in [6.45, 7) is 0.479. The minimum atomic E-state index is -2.39. The lowest BCUT2D eigenvalue weighted by atomic mass is 10.5. The fourth-order valence-electron chi connectivity index (χ4n) is 0.899. The van der Waals surface area contributed by atoms with Gasteiger partial charge in [-0.1, -0.05) is 0 Å². The molecule has 0 aliphatic rings. The molecule has 0 saturated heterocycles. The van der Waals surface area contributed by atoms with Crippen molar-refractivity contribution < 1.29 is 17.6 Å². The van der Waals surface area contributed by atoms with Gasteiger partial charge in [-0.15, -0.1) is 0 Å². The first-order valence-electron chi connectivity index (χ1n) is 3.63. The summed E-state index contributed by atoms with van der Waals surface area (Å²) in [5, 5.41) is 0. The quantitative estimate of drug-likeness (QED) is 0.475. The lowest BCUT2D eigenvalue weighted by Crippen LogP contribution is -2.42. The zero-order chi connectivity index (χ0) is 9.45. The Morgan fingerprint density at radius 2 is 1.58 bits per heavy atom. The molecule has 0 radical (unpaired) electrons.